The average molecular weight is 402 g/mol. The predicted octanol–water partition coefficient (Wildman–Crippen LogP) is 4.28. The van der Waals surface area contributed by atoms with Crippen LogP contribution in [0.5, 0.6) is 5.75 Å². The predicted molar refractivity (Wildman–Crippen MR) is 119 cm³/mol. The van der Waals surface area contributed by atoms with E-state index in [1.165, 1.54) is 11.3 Å². The van der Waals surface area contributed by atoms with Gasteiger partial charge in [0.2, 0.25) is 5.91 Å². The number of carbonyl (C=O) groups is 1. The third-order valence-corrected chi connectivity index (χ3v) is 5.11. The molecule has 0 radical (unpaired) electrons. The van der Waals surface area contributed by atoms with Crippen LogP contribution in [0.1, 0.15) is 11.1 Å². The maximum absolute atomic E-state index is 12.3. The minimum Gasteiger partial charge on any atom is -0.491 e. The van der Waals surface area contributed by atoms with Gasteiger partial charge in [-0.05, 0) is 41.8 Å². The second-order valence-electron chi connectivity index (χ2n) is 7.22. The Bertz CT molecular complexity index is 975. The van der Waals surface area contributed by atoms with Crippen molar-refractivity contribution in [3.63, 3.8) is 0 Å². The lowest BCUT2D eigenvalue weighted by molar-refractivity contribution is -0.120. The van der Waals surface area contributed by atoms with Gasteiger partial charge in [0, 0.05) is 24.5 Å². The highest BCUT2D eigenvalue weighted by Crippen LogP contribution is 2.30. The Morgan fingerprint density at radius 2 is 1.67 bits per heavy atom. The standard InChI is InChI=1S/C25H26N2O3/c28-25(19-29-16-17-30-22-10-2-1-3-11-22)26-23-12-6-4-9-21(23)18-27-15-14-20-8-5-7-13-24(20)27/h1-13H,14-19H2,(H,26,28). The molecular formula is C25H26N2O3. The number of hydrogen-bond acceptors (Lipinski definition) is 4. The van der Waals surface area contributed by atoms with Gasteiger partial charge in [0.25, 0.3) is 0 Å². The zero-order valence-corrected chi connectivity index (χ0v) is 16.9. The normalized spacial score (nSPS) is 12.5. The molecule has 0 saturated heterocycles. The summed E-state index contributed by atoms with van der Waals surface area (Å²) in [6, 6.07) is 26.0. The molecule has 154 valence electrons. The molecule has 0 atom stereocenters. The van der Waals surface area contributed by atoms with Crippen molar-refractivity contribution in [1.29, 1.82) is 0 Å². The Kier molecular flexibility index (Phi) is 6.62. The summed E-state index contributed by atoms with van der Waals surface area (Å²) in [6.07, 6.45) is 1.06. The van der Waals surface area contributed by atoms with Crippen molar-refractivity contribution in [3.05, 3.63) is 90.0 Å². The minimum atomic E-state index is -0.163. The van der Waals surface area contributed by atoms with E-state index in [4.69, 9.17) is 9.47 Å². The highest BCUT2D eigenvalue weighted by molar-refractivity contribution is 5.92. The quantitative estimate of drug-likeness (QED) is 0.543. The Morgan fingerprint density at radius 3 is 2.57 bits per heavy atom. The molecule has 0 aliphatic carbocycles. The number of rotatable bonds is 9. The number of benzene rings is 3. The third kappa shape index (κ3) is 5.19. The van der Waals surface area contributed by atoms with Crippen LogP contribution in [0.25, 0.3) is 0 Å². The van der Waals surface area contributed by atoms with Gasteiger partial charge in [-0.2, -0.15) is 0 Å². The van der Waals surface area contributed by atoms with Crippen LogP contribution >= 0.6 is 0 Å². The second kappa shape index (κ2) is 9.94. The molecule has 4 rings (SSSR count). The molecule has 1 aliphatic rings. The van der Waals surface area contributed by atoms with Crippen LogP contribution in [-0.4, -0.2) is 32.3 Å². The van der Waals surface area contributed by atoms with Crippen LogP contribution in [0.2, 0.25) is 0 Å². The van der Waals surface area contributed by atoms with Gasteiger partial charge in [0.05, 0.1) is 6.61 Å². The molecule has 0 aromatic heterocycles. The number of fused-ring (bicyclic) bond motifs is 1. The van der Waals surface area contributed by atoms with Gasteiger partial charge in [-0.25, -0.2) is 0 Å². The lowest BCUT2D eigenvalue weighted by atomic mass is 10.1. The van der Waals surface area contributed by atoms with Crippen molar-refractivity contribution in [2.75, 3.05) is 36.6 Å². The van der Waals surface area contributed by atoms with Gasteiger partial charge < -0.3 is 19.7 Å². The van der Waals surface area contributed by atoms with Gasteiger partial charge >= 0.3 is 0 Å². The second-order valence-corrected chi connectivity index (χ2v) is 7.22. The van der Waals surface area contributed by atoms with Crippen LogP contribution in [-0.2, 0) is 22.5 Å². The Labute approximate surface area is 177 Å². The van der Waals surface area contributed by atoms with E-state index in [1.54, 1.807) is 0 Å². The maximum Gasteiger partial charge on any atom is 0.250 e. The van der Waals surface area contributed by atoms with Crippen LogP contribution in [0.3, 0.4) is 0 Å². The summed E-state index contributed by atoms with van der Waals surface area (Å²) >= 11 is 0. The molecule has 0 bridgehead atoms. The monoisotopic (exact) mass is 402 g/mol. The zero-order valence-electron chi connectivity index (χ0n) is 16.9. The van der Waals surface area contributed by atoms with E-state index < -0.39 is 0 Å². The summed E-state index contributed by atoms with van der Waals surface area (Å²) in [5.74, 6) is 0.631. The molecule has 3 aromatic carbocycles. The molecule has 0 spiro atoms. The van der Waals surface area contributed by atoms with Crippen molar-refractivity contribution < 1.29 is 14.3 Å². The van der Waals surface area contributed by atoms with Gasteiger partial charge in [0.1, 0.15) is 19.0 Å². The highest BCUT2D eigenvalue weighted by atomic mass is 16.5. The average Bonchev–Trinajstić information content (AvgIpc) is 3.18. The molecule has 0 saturated carbocycles. The molecule has 5 nitrogen and oxygen atoms in total. The minimum absolute atomic E-state index is 0.000961. The number of para-hydroxylation sites is 3. The third-order valence-electron chi connectivity index (χ3n) is 5.11. The number of nitrogens with one attached hydrogen (secondary N) is 1. The fourth-order valence-corrected chi connectivity index (χ4v) is 3.64. The first-order valence-corrected chi connectivity index (χ1v) is 10.3. The number of amides is 1. The summed E-state index contributed by atoms with van der Waals surface area (Å²) in [5, 5.41) is 2.99. The molecule has 1 aliphatic heterocycles. The summed E-state index contributed by atoms with van der Waals surface area (Å²) < 4.78 is 11.0. The van der Waals surface area contributed by atoms with Gasteiger partial charge in [-0.15, -0.1) is 0 Å². The molecule has 1 heterocycles. The van der Waals surface area contributed by atoms with Gasteiger partial charge in [-0.1, -0.05) is 54.6 Å². The SMILES string of the molecule is O=C(COCCOc1ccccc1)Nc1ccccc1CN1CCc2ccccc21. The largest absolute Gasteiger partial charge is 0.491 e. The fourth-order valence-electron chi connectivity index (χ4n) is 3.64. The molecular weight excluding hydrogens is 376 g/mol. The number of hydrogen-bond donors (Lipinski definition) is 1. The lowest BCUT2D eigenvalue weighted by Crippen LogP contribution is -2.23. The van der Waals surface area contributed by atoms with E-state index in [1.807, 2.05) is 48.5 Å². The van der Waals surface area contributed by atoms with Crippen LogP contribution in [0, 0.1) is 0 Å². The topological polar surface area (TPSA) is 50.8 Å². The molecule has 1 N–H and O–H groups in total. The van der Waals surface area contributed by atoms with Gasteiger partial charge in [-0.3, -0.25) is 4.79 Å². The van der Waals surface area contributed by atoms with Crippen molar-refractivity contribution in [2.45, 2.75) is 13.0 Å². The van der Waals surface area contributed by atoms with Crippen molar-refractivity contribution in [3.8, 4) is 5.75 Å². The fraction of sp³-hybridized carbons (Fsp3) is 0.240. The summed E-state index contributed by atoms with van der Waals surface area (Å²) in [7, 11) is 0. The van der Waals surface area contributed by atoms with Crippen molar-refractivity contribution >= 4 is 17.3 Å². The Balaban J connectivity index is 1.26. The van der Waals surface area contributed by atoms with E-state index >= 15 is 0 Å². The summed E-state index contributed by atoms with van der Waals surface area (Å²) in [4.78, 5) is 14.7. The molecule has 0 fully saturated rings. The molecule has 0 unspecified atom stereocenters. The number of carbonyl (C=O) groups excluding carboxylic acids is 1. The number of ether oxygens (including phenoxy) is 2. The highest BCUT2D eigenvalue weighted by Gasteiger charge is 2.19. The van der Waals surface area contributed by atoms with Crippen LogP contribution in [0.4, 0.5) is 11.4 Å². The summed E-state index contributed by atoms with van der Waals surface area (Å²) in [5.41, 5.74) is 4.58. The van der Waals surface area contributed by atoms with E-state index in [0.29, 0.717) is 13.2 Å². The first kappa shape index (κ1) is 20.0. The van der Waals surface area contributed by atoms with Crippen molar-refractivity contribution in [1.82, 2.24) is 0 Å². The van der Waals surface area contributed by atoms with E-state index in [9.17, 15) is 4.79 Å². The zero-order chi connectivity index (χ0) is 20.6. The maximum atomic E-state index is 12.3. The van der Waals surface area contributed by atoms with E-state index in [2.05, 4.69) is 40.5 Å². The first-order chi connectivity index (χ1) is 14.8. The van der Waals surface area contributed by atoms with E-state index in [0.717, 1.165) is 36.5 Å². The number of nitrogens with zero attached hydrogens (tertiary/aromatic N) is 1. The van der Waals surface area contributed by atoms with Gasteiger partial charge in [0.15, 0.2) is 0 Å². The summed E-state index contributed by atoms with van der Waals surface area (Å²) in [6.45, 7) is 2.52. The molecule has 3 aromatic rings. The molecule has 30 heavy (non-hydrogen) atoms. The van der Waals surface area contributed by atoms with E-state index in [-0.39, 0.29) is 12.5 Å². The number of anilines is 2. The molecule has 1 amide bonds. The Morgan fingerprint density at radius 1 is 0.900 bits per heavy atom. The Hall–Kier alpha value is -3.31. The first-order valence-electron chi connectivity index (χ1n) is 10.3. The molecule has 5 heteroatoms. The lowest BCUT2D eigenvalue weighted by Gasteiger charge is -2.21. The van der Waals surface area contributed by atoms with Crippen LogP contribution in [0.15, 0.2) is 78.9 Å². The van der Waals surface area contributed by atoms with Crippen molar-refractivity contribution in [2.24, 2.45) is 0 Å². The van der Waals surface area contributed by atoms with Crippen LogP contribution < -0.4 is 15.0 Å². The smallest absolute Gasteiger partial charge is 0.250 e.